The fourth-order valence-corrected chi connectivity index (χ4v) is 2.06. The summed E-state index contributed by atoms with van der Waals surface area (Å²) >= 11 is 0. The first kappa shape index (κ1) is 13.8. The van der Waals surface area contributed by atoms with Crippen LogP contribution in [0.1, 0.15) is 39.2 Å². The van der Waals surface area contributed by atoms with E-state index >= 15 is 0 Å². The highest BCUT2D eigenvalue weighted by Crippen LogP contribution is 2.28. The number of nitrogens with two attached hydrogens (primary N) is 1. The van der Waals surface area contributed by atoms with E-state index in [1.54, 1.807) is 0 Å². The van der Waals surface area contributed by atoms with Crippen LogP contribution in [-0.4, -0.2) is 6.04 Å². The SMILES string of the molecule is CC#CCCC(NN)C(C)(C)c1ccccc1. The Balaban J connectivity index is 2.81. The Hall–Kier alpha value is -1.30. The normalized spacial score (nSPS) is 12.7. The van der Waals surface area contributed by atoms with Crippen molar-refractivity contribution in [3.63, 3.8) is 0 Å². The van der Waals surface area contributed by atoms with Gasteiger partial charge in [-0.3, -0.25) is 11.3 Å². The van der Waals surface area contributed by atoms with E-state index < -0.39 is 0 Å². The Kier molecular flexibility index (Phi) is 5.21. The second-order valence-electron chi connectivity index (χ2n) is 4.77. The van der Waals surface area contributed by atoms with Crippen molar-refractivity contribution in [2.24, 2.45) is 5.84 Å². The molecular formula is C15H22N2. The molecule has 2 nitrogen and oxygen atoms in total. The number of hydrazine groups is 1. The van der Waals surface area contributed by atoms with Gasteiger partial charge in [-0.25, -0.2) is 0 Å². The van der Waals surface area contributed by atoms with Crippen LogP contribution in [0.4, 0.5) is 0 Å². The van der Waals surface area contributed by atoms with Crippen LogP contribution < -0.4 is 11.3 Å². The summed E-state index contributed by atoms with van der Waals surface area (Å²) in [6, 6.07) is 10.7. The van der Waals surface area contributed by atoms with E-state index in [0.29, 0.717) is 0 Å². The van der Waals surface area contributed by atoms with Crippen molar-refractivity contribution in [3.05, 3.63) is 35.9 Å². The van der Waals surface area contributed by atoms with Crippen LogP contribution in [0.2, 0.25) is 0 Å². The summed E-state index contributed by atoms with van der Waals surface area (Å²) in [5.74, 6) is 11.7. The molecule has 3 N–H and O–H groups in total. The molecule has 17 heavy (non-hydrogen) atoms. The molecule has 0 heterocycles. The van der Waals surface area contributed by atoms with Gasteiger partial charge in [0.25, 0.3) is 0 Å². The Morgan fingerprint density at radius 2 is 1.94 bits per heavy atom. The number of rotatable bonds is 5. The molecule has 1 atom stereocenters. The highest BCUT2D eigenvalue weighted by atomic mass is 15.2. The Morgan fingerprint density at radius 3 is 2.47 bits per heavy atom. The molecule has 92 valence electrons. The second kappa shape index (κ2) is 6.44. The minimum Gasteiger partial charge on any atom is -0.271 e. The summed E-state index contributed by atoms with van der Waals surface area (Å²) in [4.78, 5) is 0. The molecule has 1 aromatic rings. The van der Waals surface area contributed by atoms with Gasteiger partial charge in [0, 0.05) is 17.9 Å². The van der Waals surface area contributed by atoms with E-state index in [1.807, 2.05) is 13.0 Å². The van der Waals surface area contributed by atoms with Gasteiger partial charge in [-0.15, -0.1) is 11.8 Å². The Labute approximate surface area is 105 Å². The van der Waals surface area contributed by atoms with Crippen molar-refractivity contribution < 1.29 is 0 Å². The van der Waals surface area contributed by atoms with E-state index in [1.165, 1.54) is 5.56 Å². The van der Waals surface area contributed by atoms with Gasteiger partial charge in [0.15, 0.2) is 0 Å². The standard InChI is InChI=1S/C15H22N2/c1-4-5-7-12-14(17-16)15(2,3)13-10-8-6-9-11-13/h6,8-11,14,17H,7,12,16H2,1-3H3. The average Bonchev–Trinajstić information content (AvgIpc) is 2.35. The first-order chi connectivity index (χ1) is 8.12. The van der Waals surface area contributed by atoms with Crippen LogP contribution in [0.5, 0.6) is 0 Å². The zero-order valence-electron chi connectivity index (χ0n) is 11.0. The minimum atomic E-state index is 0.00539. The fraction of sp³-hybridized carbons (Fsp3) is 0.467. The quantitative estimate of drug-likeness (QED) is 0.463. The van der Waals surface area contributed by atoms with Crippen LogP contribution in [0.3, 0.4) is 0 Å². The first-order valence-electron chi connectivity index (χ1n) is 6.04. The molecule has 0 spiro atoms. The smallest absolute Gasteiger partial charge is 0.0311 e. The summed E-state index contributed by atoms with van der Waals surface area (Å²) in [6.45, 7) is 6.30. The predicted octanol–water partition coefficient (Wildman–Crippen LogP) is 2.60. The van der Waals surface area contributed by atoms with E-state index in [0.717, 1.165) is 12.8 Å². The molecule has 0 aromatic heterocycles. The fourth-order valence-electron chi connectivity index (χ4n) is 2.06. The molecule has 1 rings (SSSR count). The van der Waals surface area contributed by atoms with Gasteiger partial charge >= 0.3 is 0 Å². The molecule has 0 aliphatic heterocycles. The lowest BCUT2D eigenvalue weighted by Crippen LogP contribution is -2.48. The van der Waals surface area contributed by atoms with Crippen LogP contribution in [0.15, 0.2) is 30.3 Å². The maximum absolute atomic E-state index is 5.68. The maximum Gasteiger partial charge on any atom is 0.0311 e. The second-order valence-corrected chi connectivity index (χ2v) is 4.77. The van der Waals surface area contributed by atoms with Gasteiger partial charge in [0.05, 0.1) is 0 Å². The topological polar surface area (TPSA) is 38.0 Å². The molecular weight excluding hydrogens is 208 g/mol. The van der Waals surface area contributed by atoms with E-state index in [4.69, 9.17) is 5.84 Å². The number of nitrogens with one attached hydrogen (secondary N) is 1. The lowest BCUT2D eigenvalue weighted by molar-refractivity contribution is 0.329. The molecule has 0 saturated heterocycles. The van der Waals surface area contributed by atoms with Gasteiger partial charge in [-0.05, 0) is 18.9 Å². The Morgan fingerprint density at radius 1 is 1.29 bits per heavy atom. The van der Waals surface area contributed by atoms with Crippen LogP contribution >= 0.6 is 0 Å². The lowest BCUT2D eigenvalue weighted by Gasteiger charge is -2.34. The molecule has 0 saturated carbocycles. The summed E-state index contributed by atoms with van der Waals surface area (Å²) in [5, 5.41) is 0. The highest BCUT2D eigenvalue weighted by molar-refractivity contribution is 5.25. The third-order valence-corrected chi connectivity index (χ3v) is 3.32. The molecule has 0 radical (unpaired) electrons. The van der Waals surface area contributed by atoms with Crippen molar-refractivity contribution in [3.8, 4) is 11.8 Å². The predicted molar refractivity (Wildman–Crippen MR) is 73.3 cm³/mol. The van der Waals surface area contributed by atoms with Gasteiger partial charge in [-0.2, -0.15) is 0 Å². The maximum atomic E-state index is 5.68. The first-order valence-corrected chi connectivity index (χ1v) is 6.04. The number of benzene rings is 1. The van der Waals surface area contributed by atoms with Crippen LogP contribution in [0, 0.1) is 11.8 Å². The molecule has 0 aliphatic carbocycles. The van der Waals surface area contributed by atoms with E-state index in [-0.39, 0.29) is 11.5 Å². The van der Waals surface area contributed by atoms with Crippen molar-refractivity contribution in [1.29, 1.82) is 0 Å². The summed E-state index contributed by atoms with van der Waals surface area (Å²) in [5.41, 5.74) is 4.24. The van der Waals surface area contributed by atoms with E-state index in [2.05, 4.69) is 55.4 Å². The van der Waals surface area contributed by atoms with Crippen molar-refractivity contribution >= 4 is 0 Å². The van der Waals surface area contributed by atoms with E-state index in [9.17, 15) is 0 Å². The van der Waals surface area contributed by atoms with Gasteiger partial charge < -0.3 is 0 Å². The van der Waals surface area contributed by atoms with Gasteiger partial charge in [0.2, 0.25) is 0 Å². The zero-order chi connectivity index (χ0) is 12.7. The van der Waals surface area contributed by atoms with Crippen molar-refractivity contribution in [2.75, 3.05) is 0 Å². The molecule has 0 aliphatic rings. The molecule has 1 unspecified atom stereocenters. The summed E-state index contributed by atoms with van der Waals surface area (Å²) in [6.07, 6.45) is 1.83. The number of hydrogen-bond acceptors (Lipinski definition) is 2. The third-order valence-electron chi connectivity index (χ3n) is 3.32. The Bertz CT molecular complexity index is 384. The van der Waals surface area contributed by atoms with Crippen molar-refractivity contribution in [1.82, 2.24) is 5.43 Å². The van der Waals surface area contributed by atoms with Crippen LogP contribution in [0.25, 0.3) is 0 Å². The van der Waals surface area contributed by atoms with Gasteiger partial charge in [0.1, 0.15) is 0 Å². The summed E-state index contributed by atoms with van der Waals surface area (Å²) < 4.78 is 0. The molecule has 0 amide bonds. The van der Waals surface area contributed by atoms with Gasteiger partial charge in [-0.1, -0.05) is 44.2 Å². The monoisotopic (exact) mass is 230 g/mol. The molecule has 2 heteroatoms. The molecule has 0 bridgehead atoms. The number of hydrogen-bond donors (Lipinski definition) is 2. The third kappa shape index (κ3) is 3.59. The highest BCUT2D eigenvalue weighted by Gasteiger charge is 2.29. The minimum absolute atomic E-state index is 0.00539. The average molecular weight is 230 g/mol. The zero-order valence-corrected chi connectivity index (χ0v) is 11.0. The summed E-state index contributed by atoms with van der Waals surface area (Å²) in [7, 11) is 0. The molecule has 0 fully saturated rings. The largest absolute Gasteiger partial charge is 0.271 e. The van der Waals surface area contributed by atoms with Crippen LogP contribution in [-0.2, 0) is 5.41 Å². The van der Waals surface area contributed by atoms with Crippen molar-refractivity contribution in [2.45, 2.75) is 45.1 Å². The molecule has 1 aromatic carbocycles. The lowest BCUT2D eigenvalue weighted by atomic mass is 9.76.